The Balaban J connectivity index is 4.48. The van der Waals surface area contributed by atoms with Gasteiger partial charge in [-0.1, -0.05) is 6.92 Å². The summed E-state index contributed by atoms with van der Waals surface area (Å²) in [6, 6.07) is 0. The number of aliphatic hydroxyl groups excluding tert-OH is 1. The van der Waals surface area contributed by atoms with E-state index in [4.69, 9.17) is 9.84 Å². The van der Waals surface area contributed by atoms with Gasteiger partial charge in [-0.05, 0) is 26.7 Å². The first kappa shape index (κ1) is 14.4. The highest BCUT2D eigenvalue weighted by Gasteiger charge is 2.34. The Bertz CT molecular complexity index is 190. The Hall–Kier alpha value is -0.610. The summed E-state index contributed by atoms with van der Waals surface area (Å²) in [5, 5.41) is 8.74. The molecule has 90 valence electrons. The predicted octanol–water partition coefficient (Wildman–Crippen LogP) is 1.03. The van der Waals surface area contributed by atoms with Crippen LogP contribution in [-0.2, 0) is 9.53 Å². The van der Waals surface area contributed by atoms with Crippen LogP contribution in [0.1, 0.15) is 33.6 Å². The molecule has 0 rings (SSSR count). The maximum Gasteiger partial charge on any atom is 0.254 e. The molecule has 0 aromatic carbocycles. The number of aliphatic hydroxyl groups is 1. The summed E-state index contributed by atoms with van der Waals surface area (Å²) in [5.41, 5.74) is -0.731. The highest BCUT2D eigenvalue weighted by molar-refractivity contribution is 5.84. The van der Waals surface area contributed by atoms with Crippen molar-refractivity contribution >= 4 is 5.91 Å². The molecule has 4 nitrogen and oxygen atoms in total. The summed E-state index contributed by atoms with van der Waals surface area (Å²) in [6.07, 6.45) is 1.26. The van der Waals surface area contributed by atoms with Gasteiger partial charge in [-0.2, -0.15) is 0 Å². The molecule has 1 atom stereocenters. The van der Waals surface area contributed by atoms with Crippen LogP contribution in [0.5, 0.6) is 0 Å². The molecule has 4 heteroatoms. The molecule has 15 heavy (non-hydrogen) atoms. The van der Waals surface area contributed by atoms with E-state index in [1.165, 1.54) is 0 Å². The number of methoxy groups -OCH3 is 1. The van der Waals surface area contributed by atoms with Crippen molar-refractivity contribution in [3.8, 4) is 0 Å². The zero-order valence-electron chi connectivity index (χ0n) is 10.2. The number of rotatable bonds is 7. The molecule has 0 aliphatic carbocycles. The second-order valence-corrected chi connectivity index (χ2v) is 3.75. The predicted molar refractivity (Wildman–Crippen MR) is 59.7 cm³/mol. The fraction of sp³-hybridized carbons (Fsp3) is 0.909. The van der Waals surface area contributed by atoms with Gasteiger partial charge in [-0.3, -0.25) is 4.79 Å². The van der Waals surface area contributed by atoms with Crippen LogP contribution in [-0.4, -0.2) is 48.3 Å². The Morgan fingerprint density at radius 1 is 1.47 bits per heavy atom. The number of ether oxygens (including phenoxy) is 1. The normalized spacial score (nSPS) is 14.7. The van der Waals surface area contributed by atoms with Gasteiger partial charge in [0.2, 0.25) is 0 Å². The molecule has 0 aromatic rings. The number of amides is 1. The van der Waals surface area contributed by atoms with E-state index < -0.39 is 5.60 Å². The van der Waals surface area contributed by atoms with Gasteiger partial charge < -0.3 is 14.7 Å². The van der Waals surface area contributed by atoms with Crippen molar-refractivity contribution in [2.45, 2.75) is 39.2 Å². The Kier molecular flexibility index (Phi) is 6.52. The topological polar surface area (TPSA) is 49.8 Å². The van der Waals surface area contributed by atoms with Crippen molar-refractivity contribution < 1.29 is 14.6 Å². The first-order valence-electron chi connectivity index (χ1n) is 5.51. The highest BCUT2D eigenvalue weighted by Crippen LogP contribution is 2.17. The summed E-state index contributed by atoms with van der Waals surface area (Å²) in [4.78, 5) is 13.8. The van der Waals surface area contributed by atoms with Crippen LogP contribution in [0.25, 0.3) is 0 Å². The maximum absolute atomic E-state index is 12.1. The molecule has 0 fully saturated rings. The lowest BCUT2D eigenvalue weighted by Crippen LogP contribution is -2.48. The Morgan fingerprint density at radius 3 is 2.40 bits per heavy atom. The first-order chi connectivity index (χ1) is 7.05. The largest absolute Gasteiger partial charge is 0.396 e. The van der Waals surface area contributed by atoms with Crippen molar-refractivity contribution in [1.29, 1.82) is 0 Å². The Labute approximate surface area is 92.2 Å². The number of likely N-dealkylation sites (N-methyl/N-ethyl adjacent to an activating group) is 1. The van der Waals surface area contributed by atoms with Gasteiger partial charge in [0.15, 0.2) is 0 Å². The van der Waals surface area contributed by atoms with Crippen LogP contribution < -0.4 is 0 Å². The number of carbonyl (C=O) groups excluding carboxylic acids is 1. The van der Waals surface area contributed by atoms with Gasteiger partial charge in [0, 0.05) is 26.8 Å². The van der Waals surface area contributed by atoms with E-state index >= 15 is 0 Å². The summed E-state index contributed by atoms with van der Waals surface area (Å²) < 4.78 is 5.26. The smallest absolute Gasteiger partial charge is 0.254 e. The van der Waals surface area contributed by atoms with Crippen molar-refractivity contribution in [2.75, 3.05) is 26.8 Å². The number of hydrogen-bond donors (Lipinski definition) is 1. The minimum absolute atomic E-state index is 0.00319. The van der Waals surface area contributed by atoms with Crippen LogP contribution in [0.4, 0.5) is 0 Å². The third-order valence-electron chi connectivity index (χ3n) is 2.83. The second-order valence-electron chi connectivity index (χ2n) is 3.75. The van der Waals surface area contributed by atoms with E-state index in [1.807, 2.05) is 13.8 Å². The quantitative estimate of drug-likeness (QED) is 0.693. The minimum Gasteiger partial charge on any atom is -0.396 e. The van der Waals surface area contributed by atoms with Crippen LogP contribution in [0.3, 0.4) is 0 Å². The van der Waals surface area contributed by atoms with Crippen molar-refractivity contribution in [3.05, 3.63) is 0 Å². The number of hydrogen-bond acceptors (Lipinski definition) is 3. The second kappa shape index (κ2) is 6.80. The molecule has 0 aliphatic heterocycles. The van der Waals surface area contributed by atoms with Crippen LogP contribution in [0.15, 0.2) is 0 Å². The molecular weight excluding hydrogens is 194 g/mol. The van der Waals surface area contributed by atoms with Gasteiger partial charge in [0.05, 0.1) is 0 Å². The van der Waals surface area contributed by atoms with Gasteiger partial charge in [0.1, 0.15) is 5.60 Å². The zero-order chi connectivity index (χ0) is 11.9. The number of nitrogens with zero attached hydrogens (tertiary/aromatic N) is 1. The van der Waals surface area contributed by atoms with Gasteiger partial charge in [0.25, 0.3) is 5.91 Å². The lowest BCUT2D eigenvalue weighted by molar-refractivity contribution is -0.153. The van der Waals surface area contributed by atoms with E-state index in [0.29, 0.717) is 25.9 Å². The van der Waals surface area contributed by atoms with E-state index in [0.717, 1.165) is 0 Å². The van der Waals surface area contributed by atoms with Crippen molar-refractivity contribution in [3.63, 3.8) is 0 Å². The number of carbonyl (C=O) groups is 1. The molecule has 0 saturated heterocycles. The van der Waals surface area contributed by atoms with E-state index in [1.54, 1.807) is 18.9 Å². The summed E-state index contributed by atoms with van der Waals surface area (Å²) >= 11 is 0. The van der Waals surface area contributed by atoms with Crippen molar-refractivity contribution in [1.82, 2.24) is 4.90 Å². The fourth-order valence-electron chi connectivity index (χ4n) is 1.38. The summed E-state index contributed by atoms with van der Waals surface area (Å²) in [7, 11) is 1.56. The molecule has 1 amide bonds. The molecule has 1 unspecified atom stereocenters. The fourth-order valence-corrected chi connectivity index (χ4v) is 1.38. The van der Waals surface area contributed by atoms with Crippen LogP contribution in [0, 0.1) is 0 Å². The van der Waals surface area contributed by atoms with Crippen molar-refractivity contribution in [2.24, 2.45) is 0 Å². The molecule has 0 aliphatic rings. The zero-order valence-corrected chi connectivity index (χ0v) is 10.2. The lowest BCUT2D eigenvalue weighted by atomic mass is 10.0. The molecule has 0 radical (unpaired) electrons. The third kappa shape index (κ3) is 3.80. The summed E-state index contributed by atoms with van der Waals surface area (Å²) in [6.45, 7) is 7.02. The Morgan fingerprint density at radius 2 is 2.07 bits per heavy atom. The van der Waals surface area contributed by atoms with E-state index in [2.05, 4.69) is 0 Å². The molecule has 0 spiro atoms. The maximum atomic E-state index is 12.1. The monoisotopic (exact) mass is 217 g/mol. The molecule has 0 heterocycles. The average Bonchev–Trinajstić information content (AvgIpc) is 2.28. The molecular formula is C11H23NO3. The lowest BCUT2D eigenvalue weighted by Gasteiger charge is -2.32. The van der Waals surface area contributed by atoms with Crippen LogP contribution >= 0.6 is 0 Å². The van der Waals surface area contributed by atoms with Gasteiger partial charge in [-0.25, -0.2) is 0 Å². The molecule has 0 saturated carbocycles. The van der Waals surface area contributed by atoms with E-state index in [9.17, 15) is 4.79 Å². The van der Waals surface area contributed by atoms with E-state index in [-0.39, 0.29) is 12.5 Å². The molecule has 0 aromatic heterocycles. The van der Waals surface area contributed by atoms with Gasteiger partial charge >= 0.3 is 0 Å². The molecule has 1 N–H and O–H groups in total. The molecule has 0 bridgehead atoms. The highest BCUT2D eigenvalue weighted by atomic mass is 16.5. The minimum atomic E-state index is -0.731. The average molecular weight is 217 g/mol. The first-order valence-corrected chi connectivity index (χ1v) is 5.51. The SMILES string of the molecule is CCN(CCCO)C(=O)C(C)(CC)OC. The third-order valence-corrected chi connectivity index (χ3v) is 2.83. The summed E-state index contributed by atoms with van der Waals surface area (Å²) in [5.74, 6) is 0.00319. The standard InChI is InChI=1S/C11H23NO3/c1-5-11(3,15-4)10(14)12(6-2)8-7-9-13/h13H,5-9H2,1-4H3. The van der Waals surface area contributed by atoms with Gasteiger partial charge in [-0.15, -0.1) is 0 Å². The van der Waals surface area contributed by atoms with Crippen LogP contribution in [0.2, 0.25) is 0 Å².